The Morgan fingerprint density at radius 3 is 2.18 bits per heavy atom. The average molecular weight is 375 g/mol. The molecule has 5 heteroatoms. The number of aliphatic imine (C=N–C) groups is 1. The molecular weight excluding hydrogens is 350 g/mol. The van der Waals surface area contributed by atoms with Crippen molar-refractivity contribution in [3.05, 3.63) is 90.2 Å². The van der Waals surface area contributed by atoms with Crippen molar-refractivity contribution in [2.75, 3.05) is 14.2 Å². The summed E-state index contributed by atoms with van der Waals surface area (Å²) in [6.07, 6.45) is 5.93. The molecule has 0 bridgehead atoms. The number of hydrogen-bond acceptors (Lipinski definition) is 4. The minimum atomic E-state index is 0.574. The molecule has 144 valence electrons. The molecular formula is C23H25N3O2. The van der Waals surface area contributed by atoms with Crippen molar-refractivity contribution in [3.8, 4) is 11.5 Å². The van der Waals surface area contributed by atoms with E-state index < -0.39 is 0 Å². The van der Waals surface area contributed by atoms with Crippen molar-refractivity contribution >= 4 is 11.5 Å². The minimum absolute atomic E-state index is 0.574. The second-order valence-electron chi connectivity index (χ2n) is 6.22. The Morgan fingerprint density at radius 1 is 1.00 bits per heavy atom. The third-order valence-electron chi connectivity index (χ3n) is 4.44. The first-order chi connectivity index (χ1) is 13.6. The molecule has 3 rings (SSSR count). The Bertz CT molecular complexity index is 910. The van der Waals surface area contributed by atoms with Crippen molar-refractivity contribution in [1.29, 1.82) is 0 Å². The molecule has 1 N–H and O–H groups in total. The van der Waals surface area contributed by atoms with Crippen LogP contribution in [0, 0.1) is 0 Å². The number of rotatable bonds is 6. The molecule has 28 heavy (non-hydrogen) atoms. The smallest absolute Gasteiger partial charge is 0.140 e. The van der Waals surface area contributed by atoms with Gasteiger partial charge < -0.3 is 9.47 Å². The normalized spacial score (nSPS) is 15.5. The summed E-state index contributed by atoms with van der Waals surface area (Å²) in [4.78, 5) is 4.68. The first-order valence-electron chi connectivity index (χ1n) is 9.06. The molecule has 2 aromatic carbocycles. The lowest BCUT2D eigenvalue weighted by Crippen LogP contribution is -2.41. The fourth-order valence-electron chi connectivity index (χ4n) is 2.87. The van der Waals surface area contributed by atoms with Gasteiger partial charge in [0.2, 0.25) is 0 Å². The van der Waals surface area contributed by atoms with Crippen molar-refractivity contribution in [1.82, 2.24) is 10.4 Å². The Morgan fingerprint density at radius 2 is 1.61 bits per heavy atom. The Labute approximate surface area is 166 Å². The van der Waals surface area contributed by atoms with E-state index in [4.69, 9.17) is 9.47 Å². The number of hydrazine groups is 1. The Hall–Kier alpha value is -3.47. The van der Waals surface area contributed by atoms with E-state index in [1.54, 1.807) is 14.2 Å². The molecule has 0 aromatic heterocycles. The van der Waals surface area contributed by atoms with Gasteiger partial charge in [-0.15, -0.1) is 0 Å². The highest BCUT2D eigenvalue weighted by Crippen LogP contribution is 2.25. The molecule has 1 heterocycles. The van der Waals surface area contributed by atoms with Crippen LogP contribution in [-0.2, 0) is 6.54 Å². The average Bonchev–Trinajstić information content (AvgIpc) is 2.75. The Balaban J connectivity index is 1.76. The van der Waals surface area contributed by atoms with Crippen molar-refractivity contribution in [2.24, 2.45) is 4.99 Å². The van der Waals surface area contributed by atoms with Crippen LogP contribution < -0.4 is 14.9 Å². The summed E-state index contributed by atoms with van der Waals surface area (Å²) in [7, 11) is 3.32. The highest BCUT2D eigenvalue weighted by atomic mass is 16.5. The van der Waals surface area contributed by atoms with Gasteiger partial charge in [0, 0.05) is 5.56 Å². The summed E-state index contributed by atoms with van der Waals surface area (Å²) in [5, 5.41) is 1.94. The zero-order valence-corrected chi connectivity index (χ0v) is 16.5. The summed E-state index contributed by atoms with van der Waals surface area (Å²) in [6, 6.07) is 15.8. The molecule has 0 saturated carbocycles. The lowest BCUT2D eigenvalue weighted by molar-refractivity contribution is 0.414. The molecule has 0 saturated heterocycles. The second kappa shape index (κ2) is 8.95. The minimum Gasteiger partial charge on any atom is -0.497 e. The number of nitrogens with zero attached hydrogens (tertiary/aromatic N) is 2. The lowest BCUT2D eigenvalue weighted by atomic mass is 10.1. The van der Waals surface area contributed by atoms with Gasteiger partial charge in [0.1, 0.15) is 17.3 Å². The van der Waals surface area contributed by atoms with E-state index in [9.17, 15) is 0 Å². The molecule has 0 fully saturated rings. The number of allylic oxidation sites excluding steroid dienone is 2. The van der Waals surface area contributed by atoms with Crippen LogP contribution in [0.25, 0.3) is 5.70 Å². The van der Waals surface area contributed by atoms with E-state index in [0.717, 1.165) is 39.9 Å². The van der Waals surface area contributed by atoms with E-state index in [2.05, 4.69) is 17.0 Å². The molecule has 0 unspecified atom stereocenters. The van der Waals surface area contributed by atoms with Gasteiger partial charge in [0.25, 0.3) is 0 Å². The molecule has 0 spiro atoms. The first-order valence-corrected chi connectivity index (χ1v) is 9.06. The molecule has 1 aliphatic rings. The predicted molar refractivity (Wildman–Crippen MR) is 114 cm³/mol. The molecule has 0 aliphatic carbocycles. The summed E-state index contributed by atoms with van der Waals surface area (Å²) < 4.78 is 10.4. The fourth-order valence-corrected chi connectivity index (χ4v) is 2.87. The maximum atomic E-state index is 5.25. The maximum absolute atomic E-state index is 5.25. The van der Waals surface area contributed by atoms with Crippen molar-refractivity contribution in [2.45, 2.75) is 13.5 Å². The van der Waals surface area contributed by atoms with Crippen LogP contribution in [0.5, 0.6) is 11.5 Å². The zero-order valence-electron chi connectivity index (χ0n) is 16.5. The van der Waals surface area contributed by atoms with Crippen LogP contribution in [0.15, 0.2) is 84.0 Å². The van der Waals surface area contributed by atoms with Gasteiger partial charge in [-0.2, -0.15) is 0 Å². The summed E-state index contributed by atoms with van der Waals surface area (Å²) in [6.45, 7) is 6.71. The Kier molecular flexibility index (Phi) is 6.17. The van der Waals surface area contributed by atoms with E-state index in [1.165, 1.54) is 0 Å². The van der Waals surface area contributed by atoms with Gasteiger partial charge in [0.05, 0.1) is 32.2 Å². The van der Waals surface area contributed by atoms with Crippen LogP contribution in [0.2, 0.25) is 0 Å². The zero-order chi connectivity index (χ0) is 19.9. The van der Waals surface area contributed by atoms with Crippen LogP contribution >= 0.6 is 0 Å². The van der Waals surface area contributed by atoms with Crippen LogP contribution in [0.4, 0.5) is 0 Å². The number of nitrogens with one attached hydrogen (secondary N) is 1. The maximum Gasteiger partial charge on any atom is 0.140 e. The van der Waals surface area contributed by atoms with Gasteiger partial charge in [-0.05, 0) is 61.0 Å². The van der Waals surface area contributed by atoms with E-state index >= 15 is 0 Å². The standard InChI is InChI=1S/C23H25N3O2/c1-5-22(19-9-13-21(28-4)14-10-19)26-17(2)6-15-23(25-26)24-16-18-7-11-20(27-3)12-8-18/h5-15H,2,16H2,1,3-4H3,(H,24,25)/b22-5-. The highest BCUT2D eigenvalue weighted by Gasteiger charge is 2.17. The number of hydrogen-bond donors (Lipinski definition) is 1. The molecule has 0 atom stereocenters. The van der Waals surface area contributed by atoms with Crippen molar-refractivity contribution in [3.63, 3.8) is 0 Å². The third kappa shape index (κ3) is 4.43. The van der Waals surface area contributed by atoms with Gasteiger partial charge >= 0.3 is 0 Å². The van der Waals surface area contributed by atoms with Gasteiger partial charge in [0.15, 0.2) is 0 Å². The molecule has 5 nitrogen and oxygen atoms in total. The molecule has 0 amide bonds. The van der Waals surface area contributed by atoms with Gasteiger partial charge in [-0.25, -0.2) is 0 Å². The van der Waals surface area contributed by atoms with E-state index in [1.807, 2.05) is 78.7 Å². The van der Waals surface area contributed by atoms with Crippen LogP contribution in [-0.4, -0.2) is 25.1 Å². The third-order valence-corrected chi connectivity index (χ3v) is 4.44. The highest BCUT2D eigenvalue weighted by molar-refractivity contribution is 5.95. The van der Waals surface area contributed by atoms with E-state index in [-0.39, 0.29) is 0 Å². The molecule has 1 aliphatic heterocycles. The monoisotopic (exact) mass is 375 g/mol. The molecule has 0 radical (unpaired) electrons. The van der Waals surface area contributed by atoms with Crippen molar-refractivity contribution < 1.29 is 9.47 Å². The van der Waals surface area contributed by atoms with Gasteiger partial charge in [-0.3, -0.25) is 15.4 Å². The number of methoxy groups -OCH3 is 2. The summed E-state index contributed by atoms with van der Waals surface area (Å²) in [5.41, 5.74) is 7.35. The van der Waals surface area contributed by atoms with E-state index in [0.29, 0.717) is 6.54 Å². The summed E-state index contributed by atoms with van der Waals surface area (Å²) in [5.74, 6) is 2.44. The van der Waals surface area contributed by atoms with Crippen LogP contribution in [0.3, 0.4) is 0 Å². The largest absolute Gasteiger partial charge is 0.497 e. The quantitative estimate of drug-likeness (QED) is 0.804. The predicted octanol–water partition coefficient (Wildman–Crippen LogP) is 4.55. The lowest BCUT2D eigenvalue weighted by Gasteiger charge is -2.32. The summed E-state index contributed by atoms with van der Waals surface area (Å²) >= 11 is 0. The molecule has 2 aromatic rings. The second-order valence-corrected chi connectivity index (χ2v) is 6.22. The number of benzene rings is 2. The number of ether oxygens (including phenoxy) is 2. The number of amidine groups is 1. The first kappa shape index (κ1) is 19.3. The SMILES string of the molecule is C=C1C=CC(=NCc2ccc(OC)cc2)NN1/C(=C\C)c1ccc(OC)cc1. The van der Waals surface area contributed by atoms with Crippen LogP contribution in [0.1, 0.15) is 18.1 Å². The topological polar surface area (TPSA) is 46.1 Å². The van der Waals surface area contributed by atoms with Gasteiger partial charge in [-0.1, -0.05) is 24.8 Å². The fraction of sp³-hybridized carbons (Fsp3) is 0.174.